The Bertz CT molecular complexity index is 307. The summed E-state index contributed by atoms with van der Waals surface area (Å²) in [7, 11) is 0. The molecule has 0 saturated carbocycles. The van der Waals surface area contributed by atoms with Crippen LogP contribution >= 0.6 is 0 Å². The zero-order valence-electron chi connectivity index (χ0n) is 11.7. The predicted molar refractivity (Wildman–Crippen MR) is 72.5 cm³/mol. The van der Waals surface area contributed by atoms with Crippen molar-refractivity contribution in [3.63, 3.8) is 0 Å². The summed E-state index contributed by atoms with van der Waals surface area (Å²) in [6.07, 6.45) is 7.34. The van der Waals surface area contributed by atoms with E-state index in [-0.39, 0.29) is 0 Å². The largest absolute Gasteiger partial charge is 0.484 e. The Morgan fingerprint density at radius 2 is 2.00 bits per heavy atom. The smallest absolute Gasteiger partial charge is 0.195 e. The summed E-state index contributed by atoms with van der Waals surface area (Å²) in [5.74, 6) is 0.515. The molecule has 0 heterocycles. The number of allylic oxidation sites excluding steroid dienone is 4. The summed E-state index contributed by atoms with van der Waals surface area (Å²) in [6.45, 7) is 9.05. The van der Waals surface area contributed by atoms with E-state index < -0.39 is 0 Å². The first-order valence-corrected chi connectivity index (χ1v) is 6.53. The van der Waals surface area contributed by atoms with Gasteiger partial charge in [0.05, 0.1) is 6.61 Å². The lowest BCUT2D eigenvalue weighted by Crippen LogP contribution is -1.96. The standard InChI is InChI=1S/C15H25NO/c1-5-7-11-17-15(12-16)14(4)10-8-9-13(3)6-2/h9H,5-8,10-11H2,1-4H3. The monoisotopic (exact) mass is 235 g/mol. The van der Waals surface area contributed by atoms with E-state index >= 15 is 0 Å². The summed E-state index contributed by atoms with van der Waals surface area (Å²) >= 11 is 0. The topological polar surface area (TPSA) is 33.0 Å². The highest BCUT2D eigenvalue weighted by atomic mass is 16.5. The number of ether oxygens (including phenoxy) is 1. The fraction of sp³-hybridized carbons (Fsp3) is 0.667. The Labute approximate surface area is 106 Å². The van der Waals surface area contributed by atoms with E-state index in [9.17, 15) is 0 Å². The maximum atomic E-state index is 9.00. The van der Waals surface area contributed by atoms with Crippen LogP contribution in [-0.4, -0.2) is 6.61 Å². The number of rotatable bonds is 8. The second-order valence-corrected chi connectivity index (χ2v) is 4.37. The van der Waals surface area contributed by atoms with Crippen LogP contribution in [0.5, 0.6) is 0 Å². The predicted octanol–water partition coefficient (Wildman–Crippen LogP) is 4.74. The Morgan fingerprint density at radius 1 is 1.29 bits per heavy atom. The molecule has 0 saturated heterocycles. The minimum absolute atomic E-state index is 0.515. The van der Waals surface area contributed by atoms with Crippen LogP contribution in [0.4, 0.5) is 0 Å². The van der Waals surface area contributed by atoms with Crippen molar-refractivity contribution < 1.29 is 4.74 Å². The molecule has 17 heavy (non-hydrogen) atoms. The third kappa shape index (κ3) is 7.63. The highest BCUT2D eigenvalue weighted by Crippen LogP contribution is 2.13. The van der Waals surface area contributed by atoms with E-state index in [1.165, 1.54) is 5.57 Å². The van der Waals surface area contributed by atoms with Crippen LogP contribution in [0, 0.1) is 11.3 Å². The van der Waals surface area contributed by atoms with Gasteiger partial charge in [-0.3, -0.25) is 0 Å². The van der Waals surface area contributed by atoms with Gasteiger partial charge < -0.3 is 4.74 Å². The molecule has 0 spiro atoms. The number of hydrogen-bond acceptors (Lipinski definition) is 2. The molecular weight excluding hydrogens is 210 g/mol. The van der Waals surface area contributed by atoms with E-state index in [0.717, 1.165) is 37.7 Å². The Kier molecular flexibility index (Phi) is 9.24. The highest BCUT2D eigenvalue weighted by molar-refractivity contribution is 5.20. The van der Waals surface area contributed by atoms with Crippen LogP contribution in [0.25, 0.3) is 0 Å². The second kappa shape index (κ2) is 9.96. The van der Waals surface area contributed by atoms with Gasteiger partial charge in [-0.15, -0.1) is 0 Å². The quantitative estimate of drug-likeness (QED) is 0.263. The third-order valence-corrected chi connectivity index (χ3v) is 2.80. The van der Waals surface area contributed by atoms with Gasteiger partial charge in [-0.05, 0) is 45.1 Å². The minimum Gasteiger partial charge on any atom is -0.484 e. The number of hydrogen-bond donors (Lipinski definition) is 0. The second-order valence-electron chi connectivity index (χ2n) is 4.37. The first kappa shape index (κ1) is 15.8. The molecule has 0 rings (SSSR count). The Morgan fingerprint density at radius 3 is 2.53 bits per heavy atom. The van der Waals surface area contributed by atoms with Gasteiger partial charge in [0.25, 0.3) is 0 Å². The van der Waals surface area contributed by atoms with Crippen molar-refractivity contribution in [2.75, 3.05) is 6.61 Å². The van der Waals surface area contributed by atoms with Gasteiger partial charge in [0.1, 0.15) is 6.07 Å². The summed E-state index contributed by atoms with van der Waals surface area (Å²) in [4.78, 5) is 0. The zero-order valence-corrected chi connectivity index (χ0v) is 11.7. The van der Waals surface area contributed by atoms with E-state index in [0.29, 0.717) is 12.4 Å². The van der Waals surface area contributed by atoms with Crippen molar-refractivity contribution in [1.29, 1.82) is 5.26 Å². The average molecular weight is 235 g/mol. The molecule has 2 heteroatoms. The van der Waals surface area contributed by atoms with Crippen molar-refractivity contribution in [2.24, 2.45) is 0 Å². The molecule has 0 aliphatic rings. The van der Waals surface area contributed by atoms with Crippen LogP contribution < -0.4 is 0 Å². The van der Waals surface area contributed by atoms with Crippen molar-refractivity contribution in [1.82, 2.24) is 0 Å². The summed E-state index contributed by atoms with van der Waals surface area (Å²) in [5.41, 5.74) is 2.46. The van der Waals surface area contributed by atoms with Crippen LogP contribution in [-0.2, 0) is 4.74 Å². The van der Waals surface area contributed by atoms with Crippen molar-refractivity contribution in [3.05, 3.63) is 23.0 Å². The van der Waals surface area contributed by atoms with Gasteiger partial charge in [-0.25, -0.2) is 0 Å². The van der Waals surface area contributed by atoms with Gasteiger partial charge in [0, 0.05) is 0 Å². The van der Waals surface area contributed by atoms with Crippen LogP contribution in [0.2, 0.25) is 0 Å². The van der Waals surface area contributed by atoms with Crippen molar-refractivity contribution in [2.45, 2.75) is 59.8 Å². The molecular formula is C15H25NO. The average Bonchev–Trinajstić information content (AvgIpc) is 2.34. The van der Waals surface area contributed by atoms with E-state index in [2.05, 4.69) is 32.9 Å². The molecule has 0 bridgehead atoms. The lowest BCUT2D eigenvalue weighted by Gasteiger charge is -2.07. The number of nitriles is 1. The van der Waals surface area contributed by atoms with E-state index in [4.69, 9.17) is 10.00 Å². The SMILES string of the molecule is CCCCOC(C#N)=C(C)CCC=C(C)CC. The van der Waals surface area contributed by atoms with Gasteiger partial charge in [0.15, 0.2) is 5.76 Å². The first-order chi connectivity index (χ1) is 8.15. The lowest BCUT2D eigenvalue weighted by atomic mass is 10.1. The van der Waals surface area contributed by atoms with Crippen LogP contribution in [0.1, 0.15) is 59.8 Å². The van der Waals surface area contributed by atoms with Crippen molar-refractivity contribution >= 4 is 0 Å². The normalized spacial score (nSPS) is 13.0. The molecule has 0 aromatic rings. The van der Waals surface area contributed by atoms with Crippen LogP contribution in [0.3, 0.4) is 0 Å². The van der Waals surface area contributed by atoms with Crippen molar-refractivity contribution in [3.8, 4) is 6.07 Å². The molecule has 0 aromatic carbocycles. The first-order valence-electron chi connectivity index (χ1n) is 6.53. The minimum atomic E-state index is 0.515. The maximum Gasteiger partial charge on any atom is 0.195 e. The molecule has 0 unspecified atom stereocenters. The number of unbranched alkanes of at least 4 members (excludes halogenated alkanes) is 1. The molecule has 0 aliphatic heterocycles. The fourth-order valence-electron chi connectivity index (χ4n) is 1.36. The molecule has 96 valence electrons. The summed E-state index contributed by atoms with van der Waals surface area (Å²) in [6, 6.07) is 2.15. The van der Waals surface area contributed by atoms with E-state index in [1.807, 2.05) is 6.92 Å². The molecule has 0 fully saturated rings. The Balaban J connectivity index is 4.20. The fourth-order valence-corrected chi connectivity index (χ4v) is 1.36. The molecule has 0 amide bonds. The van der Waals surface area contributed by atoms with Gasteiger partial charge >= 0.3 is 0 Å². The summed E-state index contributed by atoms with van der Waals surface area (Å²) < 4.78 is 5.48. The number of nitrogens with zero attached hydrogens (tertiary/aromatic N) is 1. The lowest BCUT2D eigenvalue weighted by molar-refractivity contribution is 0.218. The molecule has 0 N–H and O–H groups in total. The third-order valence-electron chi connectivity index (χ3n) is 2.80. The van der Waals surface area contributed by atoms with Gasteiger partial charge in [0.2, 0.25) is 0 Å². The highest BCUT2D eigenvalue weighted by Gasteiger charge is 2.02. The molecule has 0 aromatic heterocycles. The molecule has 0 radical (unpaired) electrons. The maximum absolute atomic E-state index is 9.00. The van der Waals surface area contributed by atoms with Crippen LogP contribution in [0.15, 0.2) is 23.0 Å². The summed E-state index contributed by atoms with van der Waals surface area (Å²) in [5, 5.41) is 9.00. The molecule has 0 atom stereocenters. The molecule has 0 aliphatic carbocycles. The molecule has 2 nitrogen and oxygen atoms in total. The van der Waals surface area contributed by atoms with E-state index in [1.54, 1.807) is 0 Å². The van der Waals surface area contributed by atoms with Gasteiger partial charge in [-0.2, -0.15) is 5.26 Å². The Hall–Kier alpha value is -1.23. The zero-order chi connectivity index (χ0) is 13.1. The van der Waals surface area contributed by atoms with Gasteiger partial charge in [-0.1, -0.05) is 31.9 Å².